The van der Waals surface area contributed by atoms with Crippen molar-refractivity contribution in [2.45, 2.75) is 13.3 Å². The first-order valence-corrected chi connectivity index (χ1v) is 9.57. The Balaban J connectivity index is 1.71. The fourth-order valence-corrected chi connectivity index (χ4v) is 3.37. The van der Waals surface area contributed by atoms with Crippen LogP contribution in [0.2, 0.25) is 0 Å². The molecule has 150 valence electrons. The number of aromatic amines is 1. The SMILES string of the molecule is CCc1cc(=O)[nH]c(-c2cccc(NC(=O)c3cc(=O)n(C)c4ccccc34)c2)n1. The number of nitrogens with zero attached hydrogens (tertiary/aromatic N) is 2. The van der Waals surface area contributed by atoms with E-state index in [0.29, 0.717) is 45.7 Å². The monoisotopic (exact) mass is 400 g/mol. The van der Waals surface area contributed by atoms with Crippen LogP contribution in [0.3, 0.4) is 0 Å². The van der Waals surface area contributed by atoms with E-state index in [9.17, 15) is 14.4 Å². The molecular weight excluding hydrogens is 380 g/mol. The second kappa shape index (κ2) is 7.79. The highest BCUT2D eigenvalue weighted by Crippen LogP contribution is 2.21. The summed E-state index contributed by atoms with van der Waals surface area (Å²) in [6.45, 7) is 1.93. The molecule has 0 unspecified atom stereocenters. The molecule has 0 aliphatic rings. The smallest absolute Gasteiger partial charge is 0.256 e. The lowest BCUT2D eigenvalue weighted by Gasteiger charge is -2.11. The predicted molar refractivity (Wildman–Crippen MR) is 117 cm³/mol. The number of para-hydroxylation sites is 1. The number of nitrogens with one attached hydrogen (secondary N) is 2. The van der Waals surface area contributed by atoms with Crippen LogP contribution in [0.15, 0.2) is 70.3 Å². The summed E-state index contributed by atoms with van der Waals surface area (Å²) in [5.41, 5.74) is 2.40. The lowest BCUT2D eigenvalue weighted by molar-refractivity contribution is 0.102. The van der Waals surface area contributed by atoms with E-state index in [1.54, 1.807) is 37.4 Å². The third-order valence-electron chi connectivity index (χ3n) is 4.95. The summed E-state index contributed by atoms with van der Waals surface area (Å²) in [6.07, 6.45) is 0.642. The molecule has 0 spiro atoms. The molecule has 0 fully saturated rings. The molecule has 30 heavy (non-hydrogen) atoms. The Morgan fingerprint density at radius 3 is 2.67 bits per heavy atom. The maximum atomic E-state index is 13.0. The fourth-order valence-electron chi connectivity index (χ4n) is 3.37. The molecule has 0 saturated heterocycles. The molecule has 0 radical (unpaired) electrons. The standard InChI is InChI=1S/C23H20N4O3/c1-3-15-12-20(28)26-22(24-15)14-7-6-8-16(11-14)25-23(30)18-13-21(29)27(2)19-10-5-4-9-17(18)19/h4-13H,3H2,1-2H3,(H,25,30)(H,24,26,28). The van der Waals surface area contributed by atoms with Crippen LogP contribution in [-0.4, -0.2) is 20.4 Å². The molecule has 0 aliphatic heterocycles. The Kier molecular flexibility index (Phi) is 5.02. The molecule has 7 heteroatoms. The van der Waals surface area contributed by atoms with Gasteiger partial charge in [-0.25, -0.2) is 4.98 Å². The minimum Gasteiger partial charge on any atom is -0.322 e. The van der Waals surface area contributed by atoms with Crippen molar-refractivity contribution in [1.82, 2.24) is 14.5 Å². The highest BCUT2D eigenvalue weighted by atomic mass is 16.2. The van der Waals surface area contributed by atoms with Crippen molar-refractivity contribution in [3.05, 3.63) is 92.6 Å². The minimum absolute atomic E-state index is 0.224. The van der Waals surface area contributed by atoms with Crippen molar-refractivity contribution in [3.63, 3.8) is 0 Å². The van der Waals surface area contributed by atoms with Crippen molar-refractivity contribution in [1.29, 1.82) is 0 Å². The van der Waals surface area contributed by atoms with Gasteiger partial charge in [0.25, 0.3) is 17.0 Å². The average molecular weight is 400 g/mol. The molecule has 2 N–H and O–H groups in total. The molecule has 4 aromatic rings. The van der Waals surface area contributed by atoms with Crippen LogP contribution >= 0.6 is 0 Å². The Hall–Kier alpha value is -4.00. The average Bonchev–Trinajstić information content (AvgIpc) is 2.76. The second-order valence-corrected chi connectivity index (χ2v) is 6.95. The third-order valence-corrected chi connectivity index (χ3v) is 4.95. The zero-order valence-electron chi connectivity index (χ0n) is 16.6. The molecule has 2 aromatic heterocycles. The van der Waals surface area contributed by atoms with Gasteiger partial charge in [-0.15, -0.1) is 0 Å². The molecule has 0 atom stereocenters. The molecule has 0 bridgehead atoms. The number of fused-ring (bicyclic) bond motifs is 1. The van der Waals surface area contributed by atoms with E-state index >= 15 is 0 Å². The molecule has 0 aliphatic carbocycles. The topological polar surface area (TPSA) is 96.9 Å². The lowest BCUT2D eigenvalue weighted by atomic mass is 10.1. The predicted octanol–water partition coefficient (Wildman–Crippen LogP) is 3.10. The Labute approximate surface area is 172 Å². The van der Waals surface area contributed by atoms with Gasteiger partial charge in [-0.1, -0.05) is 37.3 Å². The molecule has 1 amide bonds. The third kappa shape index (κ3) is 3.65. The van der Waals surface area contributed by atoms with E-state index in [4.69, 9.17) is 0 Å². The van der Waals surface area contributed by atoms with Gasteiger partial charge in [-0.2, -0.15) is 0 Å². The Morgan fingerprint density at radius 2 is 1.87 bits per heavy atom. The molecule has 2 aromatic carbocycles. The van der Waals surface area contributed by atoms with Crippen molar-refractivity contribution >= 4 is 22.5 Å². The van der Waals surface area contributed by atoms with Crippen LogP contribution in [0.4, 0.5) is 5.69 Å². The maximum absolute atomic E-state index is 13.0. The van der Waals surface area contributed by atoms with E-state index in [0.717, 1.165) is 0 Å². The van der Waals surface area contributed by atoms with Gasteiger partial charge in [0.2, 0.25) is 0 Å². The number of aryl methyl sites for hydroxylation is 2. The summed E-state index contributed by atoms with van der Waals surface area (Å²) in [6, 6.07) is 17.1. The van der Waals surface area contributed by atoms with Crippen molar-refractivity contribution in [2.75, 3.05) is 5.32 Å². The number of rotatable bonds is 4. The number of H-pyrrole nitrogens is 1. The van der Waals surface area contributed by atoms with Gasteiger partial charge < -0.3 is 14.9 Å². The van der Waals surface area contributed by atoms with Crippen LogP contribution < -0.4 is 16.4 Å². The zero-order valence-corrected chi connectivity index (χ0v) is 16.6. The molecule has 7 nitrogen and oxygen atoms in total. The molecule has 4 rings (SSSR count). The van der Waals surface area contributed by atoms with Gasteiger partial charge in [-0.05, 0) is 24.6 Å². The van der Waals surface area contributed by atoms with Gasteiger partial charge in [-0.3, -0.25) is 14.4 Å². The van der Waals surface area contributed by atoms with E-state index in [-0.39, 0.29) is 17.0 Å². The number of carbonyl (C=O) groups excluding carboxylic acids is 1. The van der Waals surface area contributed by atoms with Gasteiger partial charge in [0, 0.05) is 41.5 Å². The fraction of sp³-hybridized carbons (Fsp3) is 0.130. The van der Waals surface area contributed by atoms with E-state index in [1.165, 1.54) is 16.7 Å². The zero-order chi connectivity index (χ0) is 21.3. The number of hydrogen-bond donors (Lipinski definition) is 2. The van der Waals surface area contributed by atoms with E-state index in [1.807, 2.05) is 25.1 Å². The summed E-state index contributed by atoms with van der Waals surface area (Å²) in [5, 5.41) is 3.53. The maximum Gasteiger partial charge on any atom is 0.256 e. The molecule has 0 saturated carbocycles. The van der Waals surface area contributed by atoms with Crippen molar-refractivity contribution in [2.24, 2.45) is 7.05 Å². The highest BCUT2D eigenvalue weighted by molar-refractivity contribution is 6.12. The number of aromatic nitrogens is 3. The molecule has 2 heterocycles. The first kappa shape index (κ1) is 19.3. The minimum atomic E-state index is -0.384. The summed E-state index contributed by atoms with van der Waals surface area (Å²) in [7, 11) is 1.67. The normalized spacial score (nSPS) is 10.9. The van der Waals surface area contributed by atoms with Gasteiger partial charge in [0.15, 0.2) is 0 Å². The van der Waals surface area contributed by atoms with Gasteiger partial charge in [0.05, 0.1) is 11.1 Å². The number of amides is 1. The van der Waals surface area contributed by atoms with Crippen molar-refractivity contribution < 1.29 is 4.79 Å². The van der Waals surface area contributed by atoms with Gasteiger partial charge in [0.1, 0.15) is 5.82 Å². The lowest BCUT2D eigenvalue weighted by Crippen LogP contribution is -2.21. The quantitative estimate of drug-likeness (QED) is 0.550. The first-order chi connectivity index (χ1) is 14.5. The van der Waals surface area contributed by atoms with E-state index < -0.39 is 0 Å². The molecular formula is C23H20N4O3. The first-order valence-electron chi connectivity index (χ1n) is 9.57. The number of pyridine rings is 1. The van der Waals surface area contributed by atoms with E-state index in [2.05, 4.69) is 15.3 Å². The summed E-state index contributed by atoms with van der Waals surface area (Å²) < 4.78 is 1.51. The second-order valence-electron chi connectivity index (χ2n) is 6.95. The van der Waals surface area contributed by atoms with Crippen molar-refractivity contribution in [3.8, 4) is 11.4 Å². The number of carbonyl (C=O) groups is 1. The number of hydrogen-bond acceptors (Lipinski definition) is 4. The van der Waals surface area contributed by atoms with Crippen LogP contribution in [0, 0.1) is 0 Å². The van der Waals surface area contributed by atoms with Gasteiger partial charge >= 0.3 is 0 Å². The van der Waals surface area contributed by atoms with Crippen LogP contribution in [-0.2, 0) is 13.5 Å². The Morgan fingerprint density at radius 1 is 1.07 bits per heavy atom. The van der Waals surface area contributed by atoms with Crippen LogP contribution in [0.1, 0.15) is 23.0 Å². The summed E-state index contributed by atoms with van der Waals surface area (Å²) in [5.74, 6) is 0.0549. The summed E-state index contributed by atoms with van der Waals surface area (Å²) >= 11 is 0. The highest BCUT2D eigenvalue weighted by Gasteiger charge is 2.14. The summed E-state index contributed by atoms with van der Waals surface area (Å²) in [4.78, 5) is 44.3. The Bertz CT molecular complexity index is 1390. The number of benzene rings is 2. The largest absolute Gasteiger partial charge is 0.322 e. The van der Waals surface area contributed by atoms with Crippen LogP contribution in [0.5, 0.6) is 0 Å². The number of anilines is 1. The van der Waals surface area contributed by atoms with Crippen LogP contribution in [0.25, 0.3) is 22.3 Å².